The number of nitrogens with two attached hydrogens (primary N) is 1. The average Bonchev–Trinajstić information content (AvgIpc) is 2.88. The van der Waals surface area contributed by atoms with Crippen molar-refractivity contribution in [3.8, 4) is 0 Å². The lowest BCUT2D eigenvalue weighted by Gasteiger charge is -2.26. The molecule has 5 N–H and O–H groups in total. The van der Waals surface area contributed by atoms with E-state index in [-0.39, 0.29) is 23.7 Å². The maximum Gasteiger partial charge on any atom is 0.336 e. The monoisotopic (exact) mass is 340 g/mol. The molecule has 1 saturated heterocycles. The second-order valence-corrected chi connectivity index (χ2v) is 6.63. The molecule has 7 nitrogen and oxygen atoms in total. The van der Waals surface area contributed by atoms with Crippen LogP contribution >= 0.6 is 0 Å². The van der Waals surface area contributed by atoms with Gasteiger partial charge in [-0.1, -0.05) is 18.2 Å². The first kappa shape index (κ1) is 15.7. The van der Waals surface area contributed by atoms with Crippen molar-refractivity contribution in [2.45, 2.75) is 31.7 Å². The lowest BCUT2D eigenvalue weighted by atomic mass is 9.82. The van der Waals surface area contributed by atoms with Gasteiger partial charge in [0, 0.05) is 11.4 Å². The van der Waals surface area contributed by atoms with Crippen molar-refractivity contribution >= 4 is 11.9 Å². The van der Waals surface area contributed by atoms with Crippen molar-refractivity contribution < 1.29 is 14.7 Å². The Morgan fingerprint density at radius 2 is 2.08 bits per heavy atom. The summed E-state index contributed by atoms with van der Waals surface area (Å²) in [5.41, 5.74) is 3.42. The van der Waals surface area contributed by atoms with Crippen LogP contribution < -0.4 is 16.5 Å². The summed E-state index contributed by atoms with van der Waals surface area (Å²) in [6.07, 6.45) is 12.4. The molecule has 1 aliphatic heterocycles. The largest absolute Gasteiger partial charge is 0.511 e. The number of hydrogen-bond acceptors (Lipinski definition) is 4. The molecule has 0 aromatic heterocycles. The van der Waals surface area contributed by atoms with Crippen LogP contribution in [-0.2, 0) is 4.79 Å². The smallest absolute Gasteiger partial charge is 0.336 e. The molecule has 0 aromatic carbocycles. The maximum atomic E-state index is 12.6. The average molecular weight is 340 g/mol. The zero-order chi connectivity index (χ0) is 17.6. The SMILES string of the molecule is NN1C(=O)NC2=CC(NC(=O)C3CC4=CCCC=C4C=C3O)=CCC21. The van der Waals surface area contributed by atoms with Gasteiger partial charge in [-0.3, -0.25) is 9.80 Å². The number of rotatable bonds is 2. The molecule has 0 saturated carbocycles. The van der Waals surface area contributed by atoms with Crippen molar-refractivity contribution in [2.24, 2.45) is 11.8 Å². The number of hydrazine groups is 1. The molecule has 1 fully saturated rings. The van der Waals surface area contributed by atoms with Gasteiger partial charge >= 0.3 is 6.03 Å². The molecule has 0 radical (unpaired) electrons. The summed E-state index contributed by atoms with van der Waals surface area (Å²) in [7, 11) is 0. The summed E-state index contributed by atoms with van der Waals surface area (Å²) in [6.45, 7) is 0. The highest BCUT2D eigenvalue weighted by atomic mass is 16.3. The molecule has 3 amide bonds. The molecule has 0 aromatic rings. The molecule has 4 aliphatic rings. The van der Waals surface area contributed by atoms with E-state index in [4.69, 9.17) is 5.84 Å². The van der Waals surface area contributed by atoms with Gasteiger partial charge in [-0.15, -0.1) is 0 Å². The number of carbonyl (C=O) groups is 2. The van der Waals surface area contributed by atoms with Crippen molar-refractivity contribution in [3.63, 3.8) is 0 Å². The van der Waals surface area contributed by atoms with Gasteiger partial charge in [0.15, 0.2) is 0 Å². The van der Waals surface area contributed by atoms with E-state index >= 15 is 0 Å². The normalized spacial score (nSPS) is 27.8. The Labute approximate surface area is 145 Å². The van der Waals surface area contributed by atoms with Gasteiger partial charge in [0.05, 0.1) is 12.0 Å². The first-order chi connectivity index (χ1) is 12.0. The Hall–Kier alpha value is -2.80. The second-order valence-electron chi connectivity index (χ2n) is 6.63. The van der Waals surface area contributed by atoms with Gasteiger partial charge in [-0.05, 0) is 49.0 Å². The standard InChI is InChI=1S/C18H20N4O3/c19-22-15-6-5-12(9-14(15)21-18(22)25)20-17(24)13-7-10-3-1-2-4-11(10)8-16(13)23/h3-5,8-9,13,15,23H,1-2,6-7,19H2,(H,20,24)(H,21,25). The number of fused-ring (bicyclic) bond motifs is 2. The number of aliphatic hydroxyl groups is 1. The number of amides is 3. The topological polar surface area (TPSA) is 108 Å². The van der Waals surface area contributed by atoms with Gasteiger partial charge in [0.2, 0.25) is 5.91 Å². The highest BCUT2D eigenvalue weighted by Crippen LogP contribution is 2.34. The van der Waals surface area contributed by atoms with Crippen molar-refractivity contribution in [2.75, 3.05) is 0 Å². The van der Waals surface area contributed by atoms with E-state index in [1.165, 1.54) is 0 Å². The van der Waals surface area contributed by atoms with Gasteiger partial charge < -0.3 is 15.7 Å². The summed E-state index contributed by atoms with van der Waals surface area (Å²) < 4.78 is 0. The third-order valence-electron chi connectivity index (χ3n) is 5.01. The van der Waals surface area contributed by atoms with Crippen LogP contribution in [0.25, 0.3) is 0 Å². The zero-order valence-corrected chi connectivity index (χ0v) is 13.7. The van der Waals surface area contributed by atoms with E-state index < -0.39 is 5.92 Å². The highest BCUT2D eigenvalue weighted by Gasteiger charge is 2.35. The van der Waals surface area contributed by atoms with Crippen molar-refractivity contribution in [3.05, 3.63) is 58.7 Å². The maximum absolute atomic E-state index is 12.6. The Kier molecular flexibility index (Phi) is 3.73. The molecule has 0 bridgehead atoms. The number of allylic oxidation sites excluding steroid dienone is 6. The van der Waals surface area contributed by atoms with Crippen LogP contribution in [0.15, 0.2) is 58.7 Å². The third kappa shape index (κ3) is 2.76. The van der Waals surface area contributed by atoms with Crippen molar-refractivity contribution in [1.29, 1.82) is 0 Å². The number of nitrogens with one attached hydrogen (secondary N) is 2. The van der Waals surface area contributed by atoms with E-state index in [2.05, 4.69) is 22.8 Å². The Balaban J connectivity index is 1.48. The Morgan fingerprint density at radius 1 is 1.28 bits per heavy atom. The van der Waals surface area contributed by atoms with Gasteiger partial charge in [0.1, 0.15) is 5.76 Å². The minimum Gasteiger partial charge on any atom is -0.511 e. The predicted octanol–water partition coefficient (Wildman–Crippen LogP) is 1.65. The van der Waals surface area contributed by atoms with Crippen LogP contribution in [0, 0.1) is 5.92 Å². The lowest BCUT2D eigenvalue weighted by Crippen LogP contribution is -2.40. The second kappa shape index (κ2) is 5.93. The van der Waals surface area contributed by atoms with E-state index in [1.807, 2.05) is 6.08 Å². The summed E-state index contributed by atoms with van der Waals surface area (Å²) in [6, 6.07) is -0.565. The van der Waals surface area contributed by atoms with Gasteiger partial charge in [0.25, 0.3) is 0 Å². The quantitative estimate of drug-likeness (QED) is 0.453. The number of urea groups is 1. The molecule has 2 atom stereocenters. The van der Waals surface area contributed by atoms with E-state index in [9.17, 15) is 14.7 Å². The number of nitrogens with zero attached hydrogens (tertiary/aromatic N) is 1. The summed E-state index contributed by atoms with van der Waals surface area (Å²) in [5.74, 6) is 4.93. The van der Waals surface area contributed by atoms with Crippen LogP contribution in [0.3, 0.4) is 0 Å². The molecule has 3 aliphatic carbocycles. The molecule has 130 valence electrons. The van der Waals surface area contributed by atoms with E-state index in [1.54, 1.807) is 12.2 Å². The van der Waals surface area contributed by atoms with Crippen LogP contribution in [0.4, 0.5) is 4.79 Å². The van der Waals surface area contributed by atoms with Gasteiger partial charge in [-0.2, -0.15) is 0 Å². The summed E-state index contributed by atoms with van der Waals surface area (Å²) in [4.78, 5) is 24.2. The fourth-order valence-electron chi connectivity index (χ4n) is 3.63. The highest BCUT2D eigenvalue weighted by molar-refractivity contribution is 5.85. The number of carbonyl (C=O) groups excluding carboxylic acids is 2. The fraction of sp³-hybridized carbons (Fsp3) is 0.333. The first-order valence-corrected chi connectivity index (χ1v) is 8.40. The lowest BCUT2D eigenvalue weighted by molar-refractivity contribution is -0.123. The van der Waals surface area contributed by atoms with Crippen LogP contribution in [-0.4, -0.2) is 28.1 Å². The fourth-order valence-corrected chi connectivity index (χ4v) is 3.63. The van der Waals surface area contributed by atoms with Crippen LogP contribution in [0.1, 0.15) is 25.7 Å². The molecule has 7 heteroatoms. The van der Waals surface area contributed by atoms with Crippen molar-refractivity contribution in [1.82, 2.24) is 15.6 Å². The molecule has 25 heavy (non-hydrogen) atoms. The number of aliphatic hydroxyl groups excluding tert-OH is 1. The number of hydrogen-bond donors (Lipinski definition) is 4. The zero-order valence-electron chi connectivity index (χ0n) is 13.7. The predicted molar refractivity (Wildman–Crippen MR) is 91.5 cm³/mol. The molecule has 4 rings (SSSR count). The summed E-state index contributed by atoms with van der Waals surface area (Å²) >= 11 is 0. The summed E-state index contributed by atoms with van der Waals surface area (Å²) in [5, 5.41) is 16.9. The molecule has 1 heterocycles. The van der Waals surface area contributed by atoms with E-state index in [0.29, 0.717) is 24.2 Å². The van der Waals surface area contributed by atoms with Crippen LogP contribution in [0.5, 0.6) is 0 Å². The van der Waals surface area contributed by atoms with Crippen LogP contribution in [0.2, 0.25) is 0 Å². The molecule has 2 unspecified atom stereocenters. The minimum absolute atomic E-state index is 0.0899. The minimum atomic E-state index is -0.595. The Morgan fingerprint density at radius 3 is 2.92 bits per heavy atom. The van der Waals surface area contributed by atoms with Gasteiger partial charge in [-0.25, -0.2) is 10.6 Å². The Bertz CT molecular complexity index is 803. The molecule has 0 spiro atoms. The molecular weight excluding hydrogens is 320 g/mol. The first-order valence-electron chi connectivity index (χ1n) is 8.40. The van der Waals surface area contributed by atoms with E-state index in [0.717, 1.165) is 29.0 Å². The molecular formula is C18H20N4O3. The third-order valence-corrected chi connectivity index (χ3v) is 5.01.